The Morgan fingerprint density at radius 3 is 2.58 bits per heavy atom. The highest BCUT2D eigenvalue weighted by Gasteiger charge is 2.18. The van der Waals surface area contributed by atoms with Gasteiger partial charge in [0, 0.05) is 24.2 Å². The van der Waals surface area contributed by atoms with Gasteiger partial charge in [0.1, 0.15) is 5.58 Å². The third-order valence-electron chi connectivity index (χ3n) is 2.74. The Kier molecular flexibility index (Phi) is 3.71. The molecule has 2 aromatic rings. The molecule has 0 aliphatic rings. The van der Waals surface area contributed by atoms with Crippen LogP contribution in [0.2, 0.25) is 0 Å². The molecule has 19 heavy (non-hydrogen) atoms. The van der Waals surface area contributed by atoms with Gasteiger partial charge in [-0.2, -0.15) is 0 Å². The van der Waals surface area contributed by atoms with Crippen molar-refractivity contribution in [2.75, 3.05) is 18.8 Å². The fourth-order valence-corrected chi connectivity index (χ4v) is 1.88. The van der Waals surface area contributed by atoms with Crippen LogP contribution in [-0.4, -0.2) is 23.9 Å². The fourth-order valence-electron chi connectivity index (χ4n) is 1.88. The number of rotatable bonds is 5. The number of carbonyl (C=O) groups is 1. The molecule has 0 radical (unpaired) electrons. The van der Waals surface area contributed by atoms with E-state index in [-0.39, 0.29) is 5.91 Å². The summed E-state index contributed by atoms with van der Waals surface area (Å²) in [6.07, 6.45) is 3.34. The number of hydrogen-bond acceptors (Lipinski definition) is 3. The van der Waals surface area contributed by atoms with Crippen LogP contribution in [0.15, 0.2) is 54.0 Å². The smallest absolute Gasteiger partial charge is 0.290 e. The van der Waals surface area contributed by atoms with Crippen LogP contribution in [0.5, 0.6) is 0 Å². The van der Waals surface area contributed by atoms with E-state index in [1.165, 1.54) is 0 Å². The van der Waals surface area contributed by atoms with Crippen LogP contribution < -0.4 is 5.73 Å². The van der Waals surface area contributed by atoms with E-state index in [4.69, 9.17) is 10.2 Å². The van der Waals surface area contributed by atoms with Gasteiger partial charge in [-0.1, -0.05) is 12.2 Å². The van der Waals surface area contributed by atoms with Crippen LogP contribution in [0.25, 0.3) is 11.0 Å². The van der Waals surface area contributed by atoms with E-state index in [9.17, 15) is 4.79 Å². The summed E-state index contributed by atoms with van der Waals surface area (Å²) in [5.41, 5.74) is 6.99. The summed E-state index contributed by atoms with van der Waals surface area (Å²) in [6, 6.07) is 6.98. The molecule has 0 aliphatic heterocycles. The molecule has 2 rings (SSSR count). The molecule has 1 aromatic heterocycles. The summed E-state index contributed by atoms with van der Waals surface area (Å²) < 4.78 is 5.54. The van der Waals surface area contributed by atoms with Gasteiger partial charge < -0.3 is 15.1 Å². The van der Waals surface area contributed by atoms with E-state index < -0.39 is 0 Å². The van der Waals surface area contributed by atoms with Gasteiger partial charge in [0.25, 0.3) is 5.91 Å². The molecule has 0 bridgehead atoms. The van der Waals surface area contributed by atoms with Crippen molar-refractivity contribution in [1.29, 1.82) is 0 Å². The van der Waals surface area contributed by atoms with Crippen molar-refractivity contribution < 1.29 is 9.21 Å². The van der Waals surface area contributed by atoms with Crippen LogP contribution in [0, 0.1) is 0 Å². The van der Waals surface area contributed by atoms with E-state index in [0.29, 0.717) is 30.1 Å². The van der Waals surface area contributed by atoms with Crippen LogP contribution in [-0.2, 0) is 0 Å². The second-order valence-corrected chi connectivity index (χ2v) is 4.20. The molecule has 0 aliphatic carbocycles. The molecule has 0 fully saturated rings. The maximum absolute atomic E-state index is 12.3. The molecule has 2 N–H and O–H groups in total. The zero-order valence-electron chi connectivity index (χ0n) is 10.6. The predicted octanol–water partition coefficient (Wildman–Crippen LogP) is 2.83. The molecule has 1 aromatic carbocycles. The predicted molar refractivity (Wildman–Crippen MR) is 76.9 cm³/mol. The molecule has 0 saturated carbocycles. The van der Waals surface area contributed by atoms with Crippen molar-refractivity contribution in [2.24, 2.45) is 0 Å². The van der Waals surface area contributed by atoms with Crippen molar-refractivity contribution in [1.82, 2.24) is 4.90 Å². The lowest BCUT2D eigenvalue weighted by Gasteiger charge is -2.17. The quantitative estimate of drug-likeness (QED) is 0.661. The van der Waals surface area contributed by atoms with Gasteiger partial charge in [0.15, 0.2) is 5.76 Å². The first kappa shape index (κ1) is 13.0. The summed E-state index contributed by atoms with van der Waals surface area (Å²) in [6.45, 7) is 8.17. The summed E-state index contributed by atoms with van der Waals surface area (Å²) >= 11 is 0. The third kappa shape index (κ3) is 2.68. The first-order chi connectivity index (χ1) is 9.15. The molecule has 1 amide bonds. The second-order valence-electron chi connectivity index (χ2n) is 4.20. The average Bonchev–Trinajstić information content (AvgIpc) is 2.80. The van der Waals surface area contributed by atoms with Gasteiger partial charge in [-0.3, -0.25) is 4.79 Å². The van der Waals surface area contributed by atoms with E-state index in [1.54, 1.807) is 41.3 Å². The van der Waals surface area contributed by atoms with E-state index in [2.05, 4.69) is 13.2 Å². The van der Waals surface area contributed by atoms with E-state index in [1.807, 2.05) is 0 Å². The molecule has 0 atom stereocenters. The van der Waals surface area contributed by atoms with Crippen LogP contribution in [0.3, 0.4) is 0 Å². The summed E-state index contributed by atoms with van der Waals surface area (Å²) in [5, 5.41) is 0.820. The lowest BCUT2D eigenvalue weighted by atomic mass is 10.2. The molecular weight excluding hydrogens is 240 g/mol. The normalized spacial score (nSPS) is 10.3. The fraction of sp³-hybridized carbons (Fsp3) is 0.133. The molecule has 98 valence electrons. The number of anilines is 1. The third-order valence-corrected chi connectivity index (χ3v) is 2.74. The monoisotopic (exact) mass is 256 g/mol. The van der Waals surface area contributed by atoms with Gasteiger partial charge in [-0.05, 0) is 24.3 Å². The minimum Gasteiger partial charge on any atom is -0.451 e. The molecule has 4 nitrogen and oxygen atoms in total. The molecule has 0 spiro atoms. The Morgan fingerprint density at radius 1 is 1.26 bits per heavy atom. The van der Waals surface area contributed by atoms with Crippen LogP contribution in [0.4, 0.5) is 5.69 Å². The molecule has 0 unspecified atom stereocenters. The lowest BCUT2D eigenvalue weighted by molar-refractivity contribution is 0.0761. The van der Waals surface area contributed by atoms with Crippen LogP contribution in [0.1, 0.15) is 10.6 Å². The number of hydrogen-bond donors (Lipinski definition) is 1. The Labute approximate surface area is 111 Å². The van der Waals surface area contributed by atoms with Crippen molar-refractivity contribution in [3.63, 3.8) is 0 Å². The topological polar surface area (TPSA) is 59.5 Å². The highest BCUT2D eigenvalue weighted by Crippen LogP contribution is 2.22. The van der Waals surface area contributed by atoms with E-state index >= 15 is 0 Å². The van der Waals surface area contributed by atoms with Crippen molar-refractivity contribution >= 4 is 22.6 Å². The highest BCUT2D eigenvalue weighted by atomic mass is 16.3. The number of furan rings is 1. The summed E-state index contributed by atoms with van der Waals surface area (Å²) in [4.78, 5) is 13.9. The second kappa shape index (κ2) is 5.44. The number of nitrogen functional groups attached to an aromatic ring is 1. The number of benzene rings is 1. The molecular formula is C15H16N2O2. The molecule has 4 heteroatoms. The standard InChI is InChI=1S/C15H16N2O2/c1-3-7-17(8-4-2)15(18)14-10-11-9-12(16)5-6-13(11)19-14/h3-6,9-10H,1-2,7-8,16H2. The number of amides is 1. The zero-order chi connectivity index (χ0) is 13.8. The average molecular weight is 256 g/mol. The molecule has 1 heterocycles. The number of nitrogens with two attached hydrogens (primary N) is 1. The maximum Gasteiger partial charge on any atom is 0.290 e. The Bertz CT molecular complexity index is 618. The summed E-state index contributed by atoms with van der Waals surface area (Å²) in [7, 11) is 0. The Morgan fingerprint density at radius 2 is 1.95 bits per heavy atom. The number of nitrogens with zero attached hydrogens (tertiary/aromatic N) is 1. The van der Waals surface area contributed by atoms with Gasteiger partial charge >= 0.3 is 0 Å². The van der Waals surface area contributed by atoms with Crippen molar-refractivity contribution in [3.05, 3.63) is 55.3 Å². The van der Waals surface area contributed by atoms with Crippen molar-refractivity contribution in [2.45, 2.75) is 0 Å². The van der Waals surface area contributed by atoms with Gasteiger partial charge in [0.05, 0.1) is 0 Å². The highest BCUT2D eigenvalue weighted by molar-refractivity contribution is 5.96. The first-order valence-corrected chi connectivity index (χ1v) is 5.96. The minimum absolute atomic E-state index is 0.186. The lowest BCUT2D eigenvalue weighted by Crippen LogP contribution is -2.30. The van der Waals surface area contributed by atoms with Gasteiger partial charge in [0.2, 0.25) is 0 Å². The van der Waals surface area contributed by atoms with E-state index in [0.717, 1.165) is 5.39 Å². The SMILES string of the molecule is C=CCN(CC=C)C(=O)c1cc2cc(N)ccc2o1. The van der Waals surface area contributed by atoms with Gasteiger partial charge in [-0.25, -0.2) is 0 Å². The van der Waals surface area contributed by atoms with Crippen molar-refractivity contribution in [3.8, 4) is 0 Å². The zero-order valence-corrected chi connectivity index (χ0v) is 10.6. The first-order valence-electron chi connectivity index (χ1n) is 5.96. The molecule has 0 saturated heterocycles. The largest absolute Gasteiger partial charge is 0.451 e. The maximum atomic E-state index is 12.3. The Hall–Kier alpha value is -2.49. The number of fused-ring (bicyclic) bond motifs is 1. The van der Waals surface area contributed by atoms with Gasteiger partial charge in [-0.15, -0.1) is 13.2 Å². The Balaban J connectivity index is 2.34. The number of carbonyl (C=O) groups excluding carboxylic acids is 1. The van der Waals surface area contributed by atoms with Crippen LogP contribution >= 0.6 is 0 Å². The minimum atomic E-state index is -0.186. The summed E-state index contributed by atoms with van der Waals surface area (Å²) in [5.74, 6) is 0.110.